The lowest BCUT2D eigenvalue weighted by atomic mass is 9.91. The van der Waals surface area contributed by atoms with Gasteiger partial charge in [-0.1, -0.05) is 37.3 Å². The standard InChI is InChI=1S/C16H23NO2/c1-5-12-17-16(4,15(18)19-7-3)14-10-8-13(6-2)9-11-14/h5,8-11,17H,1,6-7,12H2,2-4H3. The number of nitrogens with one attached hydrogen (secondary N) is 1. The van der Waals surface area contributed by atoms with E-state index in [4.69, 9.17) is 4.74 Å². The predicted octanol–water partition coefficient (Wildman–Crippen LogP) is 2.80. The summed E-state index contributed by atoms with van der Waals surface area (Å²) in [7, 11) is 0. The van der Waals surface area contributed by atoms with Gasteiger partial charge in [0.25, 0.3) is 0 Å². The molecule has 0 amide bonds. The van der Waals surface area contributed by atoms with E-state index in [0.717, 1.165) is 12.0 Å². The summed E-state index contributed by atoms with van der Waals surface area (Å²) in [6, 6.07) is 8.04. The average molecular weight is 261 g/mol. The van der Waals surface area contributed by atoms with Gasteiger partial charge in [-0.25, -0.2) is 4.79 Å². The Labute approximate surface area is 115 Å². The van der Waals surface area contributed by atoms with Gasteiger partial charge in [-0.15, -0.1) is 6.58 Å². The number of benzene rings is 1. The second kappa shape index (κ2) is 7.10. The first-order valence-corrected chi connectivity index (χ1v) is 6.71. The summed E-state index contributed by atoms with van der Waals surface area (Å²) < 4.78 is 5.18. The van der Waals surface area contributed by atoms with Gasteiger partial charge in [-0.2, -0.15) is 0 Å². The van der Waals surface area contributed by atoms with E-state index >= 15 is 0 Å². The maximum atomic E-state index is 12.2. The van der Waals surface area contributed by atoms with Crippen molar-refractivity contribution >= 4 is 5.97 Å². The number of carbonyl (C=O) groups is 1. The van der Waals surface area contributed by atoms with Gasteiger partial charge in [-0.05, 0) is 31.4 Å². The molecule has 1 aromatic rings. The minimum atomic E-state index is -0.837. The maximum absolute atomic E-state index is 12.2. The summed E-state index contributed by atoms with van der Waals surface area (Å²) in [6.45, 7) is 10.4. The number of carbonyl (C=O) groups excluding carboxylic acids is 1. The number of esters is 1. The molecule has 1 atom stereocenters. The van der Waals surface area contributed by atoms with E-state index in [0.29, 0.717) is 13.2 Å². The average Bonchev–Trinajstić information content (AvgIpc) is 2.45. The van der Waals surface area contributed by atoms with Gasteiger partial charge in [0.15, 0.2) is 0 Å². The number of rotatable bonds is 7. The largest absolute Gasteiger partial charge is 0.464 e. The van der Waals surface area contributed by atoms with Gasteiger partial charge in [0.2, 0.25) is 0 Å². The minimum Gasteiger partial charge on any atom is -0.464 e. The molecule has 19 heavy (non-hydrogen) atoms. The SMILES string of the molecule is C=CCNC(C)(C(=O)OCC)c1ccc(CC)cc1. The van der Waals surface area contributed by atoms with Crippen molar-refractivity contribution in [3.8, 4) is 0 Å². The summed E-state index contributed by atoms with van der Waals surface area (Å²) in [6.07, 6.45) is 2.72. The van der Waals surface area contributed by atoms with Crippen molar-refractivity contribution in [1.82, 2.24) is 5.32 Å². The Morgan fingerprint density at radius 2 is 2.00 bits per heavy atom. The highest BCUT2D eigenvalue weighted by Gasteiger charge is 2.35. The Bertz CT molecular complexity index is 425. The van der Waals surface area contributed by atoms with Crippen molar-refractivity contribution in [2.45, 2.75) is 32.7 Å². The van der Waals surface area contributed by atoms with Gasteiger partial charge < -0.3 is 4.74 Å². The second-order valence-electron chi connectivity index (χ2n) is 4.57. The van der Waals surface area contributed by atoms with Gasteiger partial charge in [0, 0.05) is 6.54 Å². The van der Waals surface area contributed by atoms with E-state index in [1.165, 1.54) is 5.56 Å². The highest BCUT2D eigenvalue weighted by Crippen LogP contribution is 2.23. The number of hydrogen-bond acceptors (Lipinski definition) is 3. The van der Waals surface area contributed by atoms with Crippen LogP contribution in [0.1, 0.15) is 31.9 Å². The zero-order chi connectivity index (χ0) is 14.3. The van der Waals surface area contributed by atoms with E-state index in [-0.39, 0.29) is 5.97 Å². The maximum Gasteiger partial charge on any atom is 0.330 e. The third kappa shape index (κ3) is 3.67. The fraction of sp³-hybridized carbons (Fsp3) is 0.438. The van der Waals surface area contributed by atoms with E-state index in [2.05, 4.69) is 18.8 Å². The molecule has 0 aliphatic carbocycles. The number of hydrogen-bond donors (Lipinski definition) is 1. The molecule has 0 saturated carbocycles. The highest BCUT2D eigenvalue weighted by molar-refractivity contribution is 5.82. The second-order valence-corrected chi connectivity index (χ2v) is 4.57. The van der Waals surface area contributed by atoms with Crippen LogP contribution in [-0.4, -0.2) is 19.1 Å². The van der Waals surface area contributed by atoms with Crippen LogP contribution in [-0.2, 0) is 21.5 Å². The molecular weight excluding hydrogens is 238 g/mol. The molecule has 3 heteroatoms. The van der Waals surface area contributed by atoms with Crippen LogP contribution in [0.2, 0.25) is 0 Å². The molecule has 104 valence electrons. The van der Waals surface area contributed by atoms with Crippen molar-refractivity contribution in [2.75, 3.05) is 13.2 Å². The molecule has 0 aliphatic heterocycles. The fourth-order valence-electron chi connectivity index (χ4n) is 1.92. The Hall–Kier alpha value is -1.61. The third-order valence-corrected chi connectivity index (χ3v) is 3.22. The van der Waals surface area contributed by atoms with E-state index in [1.54, 1.807) is 6.08 Å². The first kappa shape index (κ1) is 15.4. The zero-order valence-corrected chi connectivity index (χ0v) is 12.0. The van der Waals surface area contributed by atoms with Crippen molar-refractivity contribution in [2.24, 2.45) is 0 Å². The molecule has 0 heterocycles. The van der Waals surface area contributed by atoms with Crippen LogP contribution >= 0.6 is 0 Å². The molecule has 1 N–H and O–H groups in total. The number of aryl methyl sites for hydroxylation is 1. The van der Waals surface area contributed by atoms with Crippen molar-refractivity contribution < 1.29 is 9.53 Å². The van der Waals surface area contributed by atoms with E-state index in [9.17, 15) is 4.79 Å². The molecule has 3 nitrogen and oxygen atoms in total. The van der Waals surface area contributed by atoms with Gasteiger partial charge in [0.05, 0.1) is 6.61 Å². The van der Waals surface area contributed by atoms with Crippen molar-refractivity contribution in [3.63, 3.8) is 0 Å². The summed E-state index contributed by atoms with van der Waals surface area (Å²) >= 11 is 0. The Balaban J connectivity index is 3.06. The Kier molecular flexibility index (Phi) is 5.77. The quantitative estimate of drug-likeness (QED) is 0.606. The molecule has 0 fully saturated rings. The lowest BCUT2D eigenvalue weighted by molar-refractivity contribution is -0.150. The van der Waals surface area contributed by atoms with Gasteiger partial charge in [0.1, 0.15) is 5.54 Å². The molecule has 0 radical (unpaired) electrons. The van der Waals surface area contributed by atoms with E-state index in [1.807, 2.05) is 38.1 Å². The van der Waals surface area contributed by atoms with E-state index < -0.39 is 5.54 Å². The predicted molar refractivity (Wildman–Crippen MR) is 78.0 cm³/mol. The molecular formula is C16H23NO2. The molecule has 0 bridgehead atoms. The van der Waals surface area contributed by atoms with Crippen LogP contribution in [0.25, 0.3) is 0 Å². The summed E-state index contributed by atoms with van der Waals surface area (Å²) in [5, 5.41) is 3.19. The Morgan fingerprint density at radius 1 is 1.37 bits per heavy atom. The molecule has 0 aliphatic rings. The monoisotopic (exact) mass is 261 g/mol. The summed E-state index contributed by atoms with van der Waals surface area (Å²) in [4.78, 5) is 12.2. The molecule has 0 aromatic heterocycles. The molecule has 1 rings (SSSR count). The first-order valence-electron chi connectivity index (χ1n) is 6.71. The Morgan fingerprint density at radius 3 is 2.47 bits per heavy atom. The fourth-order valence-corrected chi connectivity index (χ4v) is 1.92. The normalized spacial score (nSPS) is 13.6. The van der Waals surface area contributed by atoms with Crippen LogP contribution in [0.5, 0.6) is 0 Å². The van der Waals surface area contributed by atoms with Gasteiger partial charge >= 0.3 is 5.97 Å². The van der Waals surface area contributed by atoms with Crippen LogP contribution in [0, 0.1) is 0 Å². The molecule has 0 spiro atoms. The lowest BCUT2D eigenvalue weighted by Gasteiger charge is -2.28. The van der Waals surface area contributed by atoms with Crippen molar-refractivity contribution in [1.29, 1.82) is 0 Å². The van der Waals surface area contributed by atoms with Crippen molar-refractivity contribution in [3.05, 3.63) is 48.0 Å². The smallest absolute Gasteiger partial charge is 0.330 e. The number of ether oxygens (including phenoxy) is 1. The molecule has 1 unspecified atom stereocenters. The van der Waals surface area contributed by atoms with Crippen LogP contribution < -0.4 is 5.32 Å². The van der Waals surface area contributed by atoms with Crippen LogP contribution in [0.3, 0.4) is 0 Å². The topological polar surface area (TPSA) is 38.3 Å². The summed E-state index contributed by atoms with van der Waals surface area (Å²) in [5.74, 6) is -0.263. The minimum absolute atomic E-state index is 0.263. The first-order chi connectivity index (χ1) is 9.08. The highest BCUT2D eigenvalue weighted by atomic mass is 16.5. The lowest BCUT2D eigenvalue weighted by Crippen LogP contribution is -2.47. The summed E-state index contributed by atoms with van der Waals surface area (Å²) in [5.41, 5.74) is 1.32. The zero-order valence-electron chi connectivity index (χ0n) is 12.0. The van der Waals surface area contributed by atoms with Crippen LogP contribution in [0.15, 0.2) is 36.9 Å². The molecule has 0 saturated heterocycles. The molecule has 1 aromatic carbocycles. The van der Waals surface area contributed by atoms with Gasteiger partial charge in [-0.3, -0.25) is 5.32 Å². The van der Waals surface area contributed by atoms with Crippen LogP contribution in [0.4, 0.5) is 0 Å². The third-order valence-electron chi connectivity index (χ3n) is 3.22.